The molecule has 3 aliphatic heterocycles. The van der Waals surface area contributed by atoms with Crippen molar-refractivity contribution in [2.45, 2.75) is 59.1 Å². The molecule has 1 aromatic carbocycles. The number of nitrogens with zero attached hydrogens (tertiary/aromatic N) is 3. The van der Waals surface area contributed by atoms with E-state index in [-0.39, 0.29) is 6.04 Å². The molecule has 9 nitrogen and oxygen atoms in total. The van der Waals surface area contributed by atoms with Gasteiger partial charge >= 0.3 is 15.1 Å². The second kappa shape index (κ2) is 13.9. The van der Waals surface area contributed by atoms with E-state index in [1.165, 1.54) is 0 Å². The van der Waals surface area contributed by atoms with Gasteiger partial charge in [0.05, 0.1) is 18.7 Å². The number of pyridine rings is 1. The molecule has 0 aliphatic carbocycles. The molecule has 1 unspecified atom stereocenters. The molecule has 3 saturated heterocycles. The number of hydrogen-bond acceptors (Lipinski definition) is 8. The van der Waals surface area contributed by atoms with Gasteiger partial charge in [0.1, 0.15) is 11.9 Å². The van der Waals surface area contributed by atoms with E-state index < -0.39 is 21.2 Å². The predicted molar refractivity (Wildman–Crippen MR) is 157 cm³/mol. The van der Waals surface area contributed by atoms with E-state index in [1.54, 1.807) is 17.9 Å². The predicted octanol–water partition coefficient (Wildman–Crippen LogP) is 5.57. The molecule has 10 heteroatoms. The Morgan fingerprint density at radius 3 is 2.48 bits per heavy atom. The van der Waals surface area contributed by atoms with Crippen LogP contribution in [0, 0.1) is 11.8 Å². The summed E-state index contributed by atoms with van der Waals surface area (Å²) in [6.07, 6.45) is 5.60. The molecule has 1 aromatic heterocycles. The Bertz CT molecular complexity index is 1130. The number of amides is 1. The van der Waals surface area contributed by atoms with Gasteiger partial charge in [-0.25, -0.2) is 4.79 Å². The maximum absolute atomic E-state index is 14.2. The van der Waals surface area contributed by atoms with Gasteiger partial charge in [0, 0.05) is 50.1 Å². The fourth-order valence-corrected chi connectivity index (χ4v) is 8.79. The second-order valence-electron chi connectivity index (χ2n) is 10.3. The Morgan fingerprint density at radius 2 is 1.90 bits per heavy atom. The normalized spacial score (nSPS) is 23.1. The molecule has 2 aromatic rings. The summed E-state index contributed by atoms with van der Waals surface area (Å²) in [4.78, 5) is 21.3. The van der Waals surface area contributed by atoms with E-state index in [9.17, 15) is 4.79 Å². The van der Waals surface area contributed by atoms with Gasteiger partial charge in [-0.3, -0.25) is 14.4 Å². The van der Waals surface area contributed by atoms with Crippen molar-refractivity contribution in [3.05, 3.63) is 48.7 Å². The highest BCUT2D eigenvalue weighted by atomic mass is 28.4. The highest BCUT2D eigenvalue weighted by molar-refractivity contribution is 6.60. The minimum absolute atomic E-state index is 0.0153. The molecule has 5 rings (SSSR count). The Morgan fingerprint density at radius 1 is 1.18 bits per heavy atom. The van der Waals surface area contributed by atoms with Crippen LogP contribution < -0.4 is 4.74 Å². The largest absolute Gasteiger partial charge is 0.638 e. The lowest BCUT2D eigenvalue weighted by Gasteiger charge is -2.51. The van der Waals surface area contributed by atoms with Crippen LogP contribution in [0.3, 0.4) is 0 Å². The SMILES string of the molecule is C=C[C@H]1CN2CC[C@H]1C[C@H]2[C@H](OC(=O)N(CCC)[Si](OCC)(OCC)OCC)c1ccnc2ccc(OC)cc12. The van der Waals surface area contributed by atoms with Crippen molar-refractivity contribution < 1.29 is 27.5 Å². The highest BCUT2D eigenvalue weighted by Crippen LogP contribution is 2.44. The molecular formula is C30H45N3O6Si. The van der Waals surface area contributed by atoms with Gasteiger partial charge < -0.3 is 22.8 Å². The van der Waals surface area contributed by atoms with Gasteiger partial charge in [0.25, 0.3) is 0 Å². The van der Waals surface area contributed by atoms with E-state index >= 15 is 0 Å². The van der Waals surface area contributed by atoms with Gasteiger partial charge in [0.15, 0.2) is 0 Å². The topological polar surface area (TPSA) is 82.6 Å². The summed E-state index contributed by atoms with van der Waals surface area (Å²) in [6, 6.07) is 7.80. The molecule has 0 radical (unpaired) electrons. The van der Waals surface area contributed by atoms with E-state index in [0.717, 1.165) is 48.1 Å². The van der Waals surface area contributed by atoms with Crippen LogP contribution in [0.5, 0.6) is 5.75 Å². The third-order valence-electron chi connectivity index (χ3n) is 8.00. The smallest absolute Gasteiger partial charge is 0.497 e. The number of hydrogen-bond donors (Lipinski definition) is 0. The van der Waals surface area contributed by atoms with Crippen molar-refractivity contribution in [2.75, 3.05) is 46.6 Å². The average molecular weight is 572 g/mol. The van der Waals surface area contributed by atoms with E-state index in [1.807, 2.05) is 52.0 Å². The number of aromatic nitrogens is 1. The fourth-order valence-electron chi connectivity index (χ4n) is 6.20. The third kappa shape index (κ3) is 6.21. The van der Waals surface area contributed by atoms with E-state index in [2.05, 4.69) is 22.5 Å². The lowest BCUT2D eigenvalue weighted by atomic mass is 9.73. The number of carbonyl (C=O) groups is 1. The summed E-state index contributed by atoms with van der Waals surface area (Å²) in [6.45, 7) is 15.1. The lowest BCUT2D eigenvalue weighted by Crippen LogP contribution is -2.64. The van der Waals surface area contributed by atoms with E-state index in [0.29, 0.717) is 44.6 Å². The van der Waals surface area contributed by atoms with Crippen LogP contribution in [0.25, 0.3) is 10.9 Å². The Kier molecular flexibility index (Phi) is 10.6. The zero-order valence-corrected chi connectivity index (χ0v) is 25.6. The first kappa shape index (κ1) is 30.5. The number of fused-ring (bicyclic) bond motifs is 4. The van der Waals surface area contributed by atoms with Crippen LogP contribution in [-0.4, -0.2) is 82.1 Å². The quantitative estimate of drug-likeness (QED) is 0.215. The maximum Gasteiger partial charge on any atom is 0.638 e. The summed E-state index contributed by atoms with van der Waals surface area (Å²) in [5.74, 6) is 1.68. The molecule has 0 spiro atoms. The molecule has 2 bridgehead atoms. The van der Waals surface area contributed by atoms with Crippen LogP contribution in [0.2, 0.25) is 0 Å². The molecule has 0 N–H and O–H groups in total. The lowest BCUT2D eigenvalue weighted by molar-refractivity contribution is -0.0592. The molecule has 0 saturated carbocycles. The van der Waals surface area contributed by atoms with Crippen LogP contribution in [0.1, 0.15) is 58.6 Å². The molecule has 1 amide bonds. The summed E-state index contributed by atoms with van der Waals surface area (Å²) in [5.41, 5.74) is 1.74. The molecule has 5 atom stereocenters. The molecule has 3 aliphatic rings. The minimum Gasteiger partial charge on any atom is -0.497 e. The van der Waals surface area contributed by atoms with Gasteiger partial charge in [-0.05, 0) is 82.7 Å². The highest BCUT2D eigenvalue weighted by Gasteiger charge is 2.53. The van der Waals surface area contributed by atoms with E-state index in [4.69, 9.17) is 22.8 Å². The summed E-state index contributed by atoms with van der Waals surface area (Å²) < 4.78 is 32.1. The summed E-state index contributed by atoms with van der Waals surface area (Å²) >= 11 is 0. The number of methoxy groups -OCH3 is 1. The van der Waals surface area contributed by atoms with Gasteiger partial charge in [-0.2, -0.15) is 0 Å². The summed E-state index contributed by atoms with van der Waals surface area (Å²) in [5, 5.41) is 0.910. The standard InChI is InChI=1S/C30H45N3O6Si/c1-7-17-33(40(36-9-3,37-10-4)38-11-5)30(34)39-29(28-19-23-15-18-32(28)21-22(23)8-2)25-14-16-31-27-13-12-24(35-6)20-26(25)27/h8,12-14,16,20,22-23,28-29H,2,7,9-11,15,17-19,21H2,1,3-6H3/t22-,23-,28-,29+/m0/s1. The summed E-state index contributed by atoms with van der Waals surface area (Å²) in [7, 11) is -1.88. The zero-order chi connectivity index (χ0) is 28.7. The van der Waals surface area contributed by atoms with Crippen LogP contribution >= 0.6 is 0 Å². The van der Waals surface area contributed by atoms with Gasteiger partial charge in [-0.1, -0.05) is 13.0 Å². The zero-order valence-electron chi connectivity index (χ0n) is 24.6. The minimum atomic E-state index is -3.53. The molecule has 40 heavy (non-hydrogen) atoms. The first-order valence-corrected chi connectivity index (χ1v) is 16.3. The van der Waals surface area contributed by atoms with Gasteiger partial charge in [0.2, 0.25) is 0 Å². The first-order valence-electron chi connectivity index (χ1n) is 14.6. The van der Waals surface area contributed by atoms with Crippen molar-refractivity contribution in [2.24, 2.45) is 11.8 Å². The van der Waals surface area contributed by atoms with Crippen LogP contribution in [0.4, 0.5) is 4.79 Å². The number of ether oxygens (including phenoxy) is 2. The van der Waals surface area contributed by atoms with Crippen molar-refractivity contribution in [3.8, 4) is 5.75 Å². The molecule has 220 valence electrons. The number of carbonyl (C=O) groups excluding carboxylic acids is 1. The molecule has 3 fully saturated rings. The third-order valence-corrected chi connectivity index (χ3v) is 11.0. The van der Waals surface area contributed by atoms with Crippen LogP contribution in [0.15, 0.2) is 43.1 Å². The average Bonchev–Trinajstić information content (AvgIpc) is 2.98. The van der Waals surface area contributed by atoms with Crippen molar-refractivity contribution in [1.29, 1.82) is 0 Å². The van der Waals surface area contributed by atoms with Crippen LogP contribution in [-0.2, 0) is 18.0 Å². The van der Waals surface area contributed by atoms with Gasteiger partial charge in [-0.15, -0.1) is 6.58 Å². The number of rotatable bonds is 14. The second-order valence-corrected chi connectivity index (χ2v) is 12.8. The van der Waals surface area contributed by atoms with Crippen molar-refractivity contribution in [1.82, 2.24) is 14.4 Å². The fraction of sp³-hybridized carbons (Fsp3) is 0.600. The van der Waals surface area contributed by atoms with Crippen molar-refractivity contribution >= 4 is 26.0 Å². The Balaban J connectivity index is 1.78. The number of piperidine rings is 3. The molecule has 4 heterocycles. The maximum atomic E-state index is 14.2. The monoisotopic (exact) mass is 571 g/mol. The number of benzene rings is 1. The Hall–Kier alpha value is -2.50. The Labute approximate surface area is 239 Å². The first-order chi connectivity index (χ1) is 19.4. The van der Waals surface area contributed by atoms with Crippen molar-refractivity contribution in [3.63, 3.8) is 0 Å². The molecular weight excluding hydrogens is 526 g/mol.